The Morgan fingerprint density at radius 3 is 2.80 bits per heavy atom. The molecule has 78 valence electrons. The summed E-state index contributed by atoms with van der Waals surface area (Å²) >= 11 is 0. The van der Waals surface area contributed by atoms with Crippen LogP contribution in [0.15, 0.2) is 27.8 Å². The van der Waals surface area contributed by atoms with Crippen LogP contribution in [-0.2, 0) is 6.67 Å². The van der Waals surface area contributed by atoms with Crippen molar-refractivity contribution in [2.45, 2.75) is 6.67 Å². The minimum atomic E-state index is -0.628. The highest BCUT2D eigenvalue weighted by molar-refractivity contribution is 5.82. The summed E-state index contributed by atoms with van der Waals surface area (Å²) in [5, 5.41) is 9.67. The summed E-state index contributed by atoms with van der Waals surface area (Å²) in [5.41, 5.74) is 4.26. The zero-order valence-electron chi connectivity index (χ0n) is 7.73. The van der Waals surface area contributed by atoms with Gasteiger partial charge in [0.1, 0.15) is 5.75 Å². The molecule has 0 fully saturated rings. The van der Waals surface area contributed by atoms with Crippen molar-refractivity contribution in [3.8, 4) is 5.75 Å². The van der Waals surface area contributed by atoms with E-state index < -0.39 is 11.2 Å². The van der Waals surface area contributed by atoms with E-state index in [2.05, 4.69) is 4.98 Å². The standard InChI is InChI=1S/C9H9N3O3/c10-4-12-8(14)5-2-1-3-6(13)7(5)11-9(12)15/h1-3,13H,4,10H2,(H,11,15). The molecule has 0 aliphatic rings. The summed E-state index contributed by atoms with van der Waals surface area (Å²) in [5.74, 6) is -0.133. The van der Waals surface area contributed by atoms with E-state index in [0.29, 0.717) is 0 Å². The lowest BCUT2D eigenvalue weighted by atomic mass is 10.2. The van der Waals surface area contributed by atoms with E-state index in [4.69, 9.17) is 5.73 Å². The van der Waals surface area contributed by atoms with Crippen molar-refractivity contribution in [2.24, 2.45) is 5.73 Å². The number of nitrogens with zero attached hydrogens (tertiary/aromatic N) is 1. The Bertz CT molecular complexity index is 627. The van der Waals surface area contributed by atoms with Crippen LogP contribution >= 0.6 is 0 Å². The number of phenolic OH excluding ortho intramolecular Hbond substituents is 1. The molecular formula is C9H9N3O3. The van der Waals surface area contributed by atoms with Gasteiger partial charge in [-0.2, -0.15) is 0 Å². The maximum Gasteiger partial charge on any atom is 0.330 e. The monoisotopic (exact) mass is 207 g/mol. The number of aromatic nitrogens is 2. The summed E-state index contributed by atoms with van der Waals surface area (Å²) < 4.78 is 0.863. The van der Waals surface area contributed by atoms with Crippen LogP contribution in [0.4, 0.5) is 0 Å². The first-order valence-corrected chi connectivity index (χ1v) is 4.30. The van der Waals surface area contributed by atoms with E-state index >= 15 is 0 Å². The molecule has 6 nitrogen and oxygen atoms in total. The number of fused-ring (bicyclic) bond motifs is 1. The SMILES string of the molecule is NCn1c(=O)[nH]c2c(O)cccc2c1=O. The predicted molar refractivity (Wildman–Crippen MR) is 54.7 cm³/mol. The molecule has 0 aliphatic heterocycles. The molecule has 1 heterocycles. The molecule has 2 aromatic rings. The normalized spacial score (nSPS) is 10.7. The Morgan fingerprint density at radius 1 is 1.40 bits per heavy atom. The Morgan fingerprint density at radius 2 is 2.13 bits per heavy atom. The molecule has 0 spiro atoms. The van der Waals surface area contributed by atoms with Crippen molar-refractivity contribution in [3.05, 3.63) is 39.0 Å². The highest BCUT2D eigenvalue weighted by Gasteiger charge is 2.08. The van der Waals surface area contributed by atoms with Gasteiger partial charge >= 0.3 is 5.69 Å². The molecule has 0 radical (unpaired) electrons. The fourth-order valence-corrected chi connectivity index (χ4v) is 1.43. The average molecular weight is 207 g/mol. The quantitative estimate of drug-likeness (QED) is 0.576. The third-order valence-electron chi connectivity index (χ3n) is 2.18. The molecule has 0 atom stereocenters. The van der Waals surface area contributed by atoms with Crippen molar-refractivity contribution in [2.75, 3.05) is 0 Å². The van der Waals surface area contributed by atoms with E-state index in [1.54, 1.807) is 0 Å². The number of phenols is 1. The maximum absolute atomic E-state index is 11.7. The van der Waals surface area contributed by atoms with Gasteiger partial charge < -0.3 is 15.8 Å². The highest BCUT2D eigenvalue weighted by atomic mass is 16.3. The van der Waals surface area contributed by atoms with Gasteiger partial charge in [0, 0.05) is 0 Å². The van der Waals surface area contributed by atoms with Crippen LogP contribution in [0.25, 0.3) is 10.9 Å². The van der Waals surface area contributed by atoms with Gasteiger partial charge in [0.05, 0.1) is 17.6 Å². The second-order valence-electron chi connectivity index (χ2n) is 3.05. The molecule has 15 heavy (non-hydrogen) atoms. The summed E-state index contributed by atoms with van der Waals surface area (Å²) in [6.45, 7) is -0.195. The zero-order chi connectivity index (χ0) is 11.0. The minimum absolute atomic E-state index is 0.133. The van der Waals surface area contributed by atoms with Crippen LogP contribution in [0.1, 0.15) is 0 Å². The number of H-pyrrole nitrogens is 1. The molecule has 0 bridgehead atoms. The van der Waals surface area contributed by atoms with Gasteiger partial charge in [-0.1, -0.05) is 6.07 Å². The fraction of sp³-hybridized carbons (Fsp3) is 0.111. The van der Waals surface area contributed by atoms with Crippen LogP contribution in [0.2, 0.25) is 0 Å². The molecule has 1 aromatic carbocycles. The third-order valence-corrected chi connectivity index (χ3v) is 2.18. The number of aromatic amines is 1. The molecule has 0 saturated heterocycles. The number of rotatable bonds is 1. The van der Waals surface area contributed by atoms with E-state index in [1.165, 1.54) is 18.2 Å². The maximum atomic E-state index is 11.7. The third kappa shape index (κ3) is 1.31. The summed E-state index contributed by atoms with van der Waals surface area (Å²) in [7, 11) is 0. The van der Waals surface area contributed by atoms with Crippen molar-refractivity contribution < 1.29 is 5.11 Å². The van der Waals surface area contributed by atoms with Crippen LogP contribution < -0.4 is 17.0 Å². The molecule has 1 aromatic heterocycles. The summed E-state index contributed by atoms with van der Waals surface area (Å²) in [6, 6.07) is 4.43. The van der Waals surface area contributed by atoms with E-state index in [1.807, 2.05) is 0 Å². The number of aromatic hydroxyl groups is 1. The lowest BCUT2D eigenvalue weighted by molar-refractivity contribution is 0.479. The number of benzene rings is 1. The number of nitrogens with two attached hydrogens (primary N) is 1. The summed E-state index contributed by atoms with van der Waals surface area (Å²) in [4.78, 5) is 25.4. The molecule has 2 rings (SSSR count). The topological polar surface area (TPSA) is 101 Å². The van der Waals surface area contributed by atoms with Crippen LogP contribution in [0, 0.1) is 0 Å². The number of hydrogen-bond acceptors (Lipinski definition) is 4. The van der Waals surface area contributed by atoms with E-state index in [9.17, 15) is 14.7 Å². The van der Waals surface area contributed by atoms with E-state index in [0.717, 1.165) is 4.57 Å². The number of para-hydroxylation sites is 1. The zero-order valence-corrected chi connectivity index (χ0v) is 7.73. The molecule has 6 heteroatoms. The predicted octanol–water partition coefficient (Wildman–Crippen LogP) is -0.688. The summed E-state index contributed by atoms with van der Waals surface area (Å²) in [6.07, 6.45) is 0. The first kappa shape index (κ1) is 9.47. The van der Waals surface area contributed by atoms with Crippen LogP contribution in [0.3, 0.4) is 0 Å². The van der Waals surface area contributed by atoms with Crippen molar-refractivity contribution in [1.29, 1.82) is 0 Å². The first-order chi connectivity index (χ1) is 7.15. The van der Waals surface area contributed by atoms with Gasteiger partial charge in [-0.15, -0.1) is 0 Å². The van der Waals surface area contributed by atoms with Crippen LogP contribution in [-0.4, -0.2) is 14.7 Å². The van der Waals surface area contributed by atoms with Crippen molar-refractivity contribution in [3.63, 3.8) is 0 Å². The largest absolute Gasteiger partial charge is 0.506 e. The number of hydrogen-bond donors (Lipinski definition) is 3. The molecular weight excluding hydrogens is 198 g/mol. The second-order valence-corrected chi connectivity index (χ2v) is 3.05. The lowest BCUT2D eigenvalue weighted by Crippen LogP contribution is -2.37. The minimum Gasteiger partial charge on any atom is -0.506 e. The highest BCUT2D eigenvalue weighted by Crippen LogP contribution is 2.17. The Balaban J connectivity index is 3.05. The second kappa shape index (κ2) is 3.25. The molecule has 0 unspecified atom stereocenters. The first-order valence-electron chi connectivity index (χ1n) is 4.30. The Labute approximate surface area is 83.6 Å². The smallest absolute Gasteiger partial charge is 0.330 e. The number of nitrogens with one attached hydrogen (secondary N) is 1. The van der Waals surface area contributed by atoms with Crippen molar-refractivity contribution >= 4 is 10.9 Å². The van der Waals surface area contributed by atoms with Gasteiger partial charge in [0.15, 0.2) is 0 Å². The van der Waals surface area contributed by atoms with Gasteiger partial charge in [-0.25, -0.2) is 9.36 Å². The molecule has 0 amide bonds. The lowest BCUT2D eigenvalue weighted by Gasteiger charge is -2.03. The average Bonchev–Trinajstić information content (AvgIpc) is 2.20. The van der Waals surface area contributed by atoms with Gasteiger partial charge in [-0.05, 0) is 12.1 Å². The van der Waals surface area contributed by atoms with Gasteiger partial charge in [-0.3, -0.25) is 4.79 Å². The Kier molecular flexibility index (Phi) is 2.05. The van der Waals surface area contributed by atoms with Crippen LogP contribution in [0.5, 0.6) is 5.75 Å². The van der Waals surface area contributed by atoms with Gasteiger partial charge in [0.2, 0.25) is 0 Å². The van der Waals surface area contributed by atoms with Gasteiger partial charge in [0.25, 0.3) is 5.56 Å². The molecule has 0 aliphatic carbocycles. The van der Waals surface area contributed by atoms with E-state index in [-0.39, 0.29) is 23.3 Å². The fourth-order valence-electron chi connectivity index (χ4n) is 1.43. The Hall–Kier alpha value is -2.08. The van der Waals surface area contributed by atoms with Crippen molar-refractivity contribution in [1.82, 2.24) is 9.55 Å². The molecule has 4 N–H and O–H groups in total. The molecule has 0 saturated carbocycles.